The molecule has 5 nitrogen and oxygen atoms in total. The smallest absolute Gasteiger partial charge is 0.311 e. The van der Waals surface area contributed by atoms with E-state index < -0.39 is 10.3 Å². The predicted molar refractivity (Wildman–Crippen MR) is 62.6 cm³/mol. The van der Waals surface area contributed by atoms with Crippen molar-refractivity contribution in [1.29, 1.82) is 0 Å². The molecule has 0 aliphatic heterocycles. The zero-order chi connectivity index (χ0) is 13.1. The molecule has 17 heavy (non-hydrogen) atoms. The summed E-state index contributed by atoms with van der Waals surface area (Å²) in [4.78, 5) is 21.7. The van der Waals surface area contributed by atoms with E-state index in [-0.39, 0.29) is 11.7 Å². The van der Waals surface area contributed by atoms with E-state index in [1.54, 1.807) is 26.0 Å². The van der Waals surface area contributed by atoms with Gasteiger partial charge in [-0.2, -0.15) is 0 Å². The maximum atomic E-state index is 11.5. The molecule has 5 heteroatoms. The number of esters is 1. The number of methoxy groups -OCH3 is 1. The SMILES string of the molecule is COC(=O)C(C)(C)Cc1cccc([N+](=O)[O-])c1. The van der Waals surface area contributed by atoms with E-state index in [1.807, 2.05) is 0 Å². The third-order valence-electron chi connectivity index (χ3n) is 2.51. The highest BCUT2D eigenvalue weighted by molar-refractivity contribution is 5.76. The maximum absolute atomic E-state index is 11.5. The fourth-order valence-electron chi connectivity index (χ4n) is 1.64. The molecule has 0 bridgehead atoms. The average Bonchev–Trinajstić information content (AvgIpc) is 2.27. The summed E-state index contributed by atoms with van der Waals surface area (Å²) in [6.45, 7) is 3.50. The summed E-state index contributed by atoms with van der Waals surface area (Å²) in [5.74, 6) is -0.330. The van der Waals surface area contributed by atoms with Gasteiger partial charge in [-0.1, -0.05) is 12.1 Å². The summed E-state index contributed by atoms with van der Waals surface area (Å²) < 4.78 is 4.69. The van der Waals surface area contributed by atoms with Crippen molar-refractivity contribution in [2.24, 2.45) is 5.41 Å². The molecule has 0 aliphatic carbocycles. The number of nitro groups is 1. The highest BCUT2D eigenvalue weighted by atomic mass is 16.6. The van der Waals surface area contributed by atoms with Gasteiger partial charge in [-0.25, -0.2) is 0 Å². The van der Waals surface area contributed by atoms with E-state index in [1.165, 1.54) is 19.2 Å². The summed E-state index contributed by atoms with van der Waals surface area (Å²) in [7, 11) is 1.33. The Morgan fingerprint density at radius 2 is 2.12 bits per heavy atom. The van der Waals surface area contributed by atoms with Crippen molar-refractivity contribution < 1.29 is 14.5 Å². The van der Waals surface area contributed by atoms with Crippen LogP contribution in [0.25, 0.3) is 0 Å². The molecule has 0 saturated carbocycles. The minimum atomic E-state index is -0.691. The first-order chi connectivity index (χ1) is 7.86. The van der Waals surface area contributed by atoms with Crippen LogP contribution in [-0.4, -0.2) is 18.0 Å². The highest BCUT2D eigenvalue weighted by Crippen LogP contribution is 2.25. The van der Waals surface area contributed by atoms with Gasteiger partial charge < -0.3 is 4.74 Å². The van der Waals surface area contributed by atoms with Crippen molar-refractivity contribution >= 4 is 11.7 Å². The molecule has 0 atom stereocenters. The number of rotatable bonds is 4. The minimum absolute atomic E-state index is 0.0307. The summed E-state index contributed by atoms with van der Waals surface area (Å²) in [5.41, 5.74) is 0.0852. The number of carbonyl (C=O) groups excluding carboxylic acids is 1. The van der Waals surface area contributed by atoms with Crippen LogP contribution in [0.2, 0.25) is 0 Å². The van der Waals surface area contributed by atoms with E-state index in [2.05, 4.69) is 0 Å². The molecule has 0 amide bonds. The lowest BCUT2D eigenvalue weighted by Crippen LogP contribution is -2.27. The highest BCUT2D eigenvalue weighted by Gasteiger charge is 2.29. The van der Waals surface area contributed by atoms with Crippen LogP contribution < -0.4 is 0 Å². The monoisotopic (exact) mass is 237 g/mol. The van der Waals surface area contributed by atoms with Gasteiger partial charge in [0.05, 0.1) is 17.4 Å². The molecule has 0 radical (unpaired) electrons. The van der Waals surface area contributed by atoms with Crippen LogP contribution >= 0.6 is 0 Å². The molecule has 0 N–H and O–H groups in total. The topological polar surface area (TPSA) is 69.4 Å². The molecule has 1 aromatic carbocycles. The van der Waals surface area contributed by atoms with Crippen LogP contribution in [0, 0.1) is 15.5 Å². The third-order valence-corrected chi connectivity index (χ3v) is 2.51. The Hall–Kier alpha value is -1.91. The molecule has 0 fully saturated rings. The molecule has 92 valence electrons. The lowest BCUT2D eigenvalue weighted by Gasteiger charge is -2.21. The molecule has 1 aromatic rings. The van der Waals surface area contributed by atoms with Crippen LogP contribution in [-0.2, 0) is 16.0 Å². The Morgan fingerprint density at radius 3 is 2.65 bits per heavy atom. The van der Waals surface area contributed by atoms with Gasteiger partial charge in [0, 0.05) is 12.1 Å². The van der Waals surface area contributed by atoms with Crippen LogP contribution in [0.3, 0.4) is 0 Å². The number of benzene rings is 1. The van der Waals surface area contributed by atoms with Gasteiger partial charge in [0.2, 0.25) is 0 Å². The van der Waals surface area contributed by atoms with Crippen molar-refractivity contribution in [3.63, 3.8) is 0 Å². The lowest BCUT2D eigenvalue weighted by atomic mass is 9.86. The first-order valence-electron chi connectivity index (χ1n) is 5.18. The summed E-state index contributed by atoms with van der Waals surface area (Å²) in [5, 5.41) is 10.6. The van der Waals surface area contributed by atoms with Crippen LogP contribution in [0.1, 0.15) is 19.4 Å². The Balaban J connectivity index is 2.92. The minimum Gasteiger partial charge on any atom is -0.469 e. The third kappa shape index (κ3) is 3.27. The Labute approximate surface area is 99.5 Å². The standard InChI is InChI=1S/C12H15NO4/c1-12(2,11(14)17-3)8-9-5-4-6-10(7-9)13(15)16/h4-7H,8H2,1-3H3. The summed E-state index contributed by atoms with van der Waals surface area (Å²) >= 11 is 0. The van der Waals surface area contributed by atoms with Gasteiger partial charge in [-0.15, -0.1) is 0 Å². The molecule has 0 spiro atoms. The Morgan fingerprint density at radius 1 is 1.47 bits per heavy atom. The molecular formula is C12H15NO4. The fraction of sp³-hybridized carbons (Fsp3) is 0.417. The molecule has 0 aromatic heterocycles. The second-order valence-electron chi connectivity index (χ2n) is 4.48. The molecule has 0 heterocycles. The molecular weight excluding hydrogens is 222 g/mol. The molecule has 0 aliphatic rings. The van der Waals surface area contributed by atoms with Crippen molar-refractivity contribution in [1.82, 2.24) is 0 Å². The van der Waals surface area contributed by atoms with E-state index in [0.717, 1.165) is 5.56 Å². The van der Waals surface area contributed by atoms with Gasteiger partial charge in [0.1, 0.15) is 0 Å². The maximum Gasteiger partial charge on any atom is 0.311 e. The van der Waals surface area contributed by atoms with E-state index in [0.29, 0.717) is 6.42 Å². The second kappa shape index (κ2) is 4.95. The zero-order valence-corrected chi connectivity index (χ0v) is 10.1. The molecule has 0 unspecified atom stereocenters. The number of nitrogens with zero attached hydrogens (tertiary/aromatic N) is 1. The van der Waals surface area contributed by atoms with Gasteiger partial charge in [0.25, 0.3) is 5.69 Å². The van der Waals surface area contributed by atoms with Crippen molar-refractivity contribution in [2.45, 2.75) is 20.3 Å². The Bertz CT molecular complexity index is 440. The van der Waals surface area contributed by atoms with Gasteiger partial charge in [-0.05, 0) is 25.8 Å². The van der Waals surface area contributed by atoms with Crippen molar-refractivity contribution in [2.75, 3.05) is 7.11 Å². The number of hydrogen-bond donors (Lipinski definition) is 0. The normalized spacial score (nSPS) is 11.0. The average molecular weight is 237 g/mol. The number of ether oxygens (including phenoxy) is 1. The Kier molecular flexibility index (Phi) is 3.83. The first kappa shape index (κ1) is 13.2. The van der Waals surface area contributed by atoms with Crippen LogP contribution in [0.4, 0.5) is 5.69 Å². The number of non-ortho nitro benzene ring substituents is 1. The van der Waals surface area contributed by atoms with Crippen LogP contribution in [0.15, 0.2) is 24.3 Å². The fourth-order valence-corrected chi connectivity index (χ4v) is 1.64. The quantitative estimate of drug-likeness (QED) is 0.458. The largest absolute Gasteiger partial charge is 0.469 e. The van der Waals surface area contributed by atoms with Gasteiger partial charge >= 0.3 is 5.97 Å². The molecule has 0 saturated heterocycles. The number of carbonyl (C=O) groups is 1. The lowest BCUT2D eigenvalue weighted by molar-refractivity contribution is -0.384. The van der Waals surface area contributed by atoms with Crippen LogP contribution in [0.5, 0.6) is 0 Å². The van der Waals surface area contributed by atoms with E-state index >= 15 is 0 Å². The first-order valence-corrected chi connectivity index (χ1v) is 5.18. The number of hydrogen-bond acceptors (Lipinski definition) is 4. The zero-order valence-electron chi connectivity index (χ0n) is 10.1. The number of nitro benzene ring substituents is 1. The molecule has 1 rings (SSSR count). The van der Waals surface area contributed by atoms with Gasteiger partial charge in [-0.3, -0.25) is 14.9 Å². The van der Waals surface area contributed by atoms with E-state index in [9.17, 15) is 14.9 Å². The summed E-state index contributed by atoms with van der Waals surface area (Å²) in [6.07, 6.45) is 0.404. The van der Waals surface area contributed by atoms with Gasteiger partial charge in [0.15, 0.2) is 0 Å². The van der Waals surface area contributed by atoms with Crippen molar-refractivity contribution in [3.05, 3.63) is 39.9 Å². The second-order valence-corrected chi connectivity index (χ2v) is 4.48. The van der Waals surface area contributed by atoms with Crippen molar-refractivity contribution in [3.8, 4) is 0 Å². The summed E-state index contributed by atoms with van der Waals surface area (Å²) in [6, 6.07) is 6.28. The van der Waals surface area contributed by atoms with E-state index in [4.69, 9.17) is 4.74 Å². The predicted octanol–water partition coefficient (Wildman–Crippen LogP) is 2.34.